The maximum atomic E-state index is 12.0. The van der Waals surface area contributed by atoms with Crippen molar-refractivity contribution in [3.8, 4) is 6.07 Å². The van der Waals surface area contributed by atoms with Crippen molar-refractivity contribution in [2.75, 3.05) is 37.4 Å². The second kappa shape index (κ2) is 11.0. The molecule has 1 fully saturated rings. The molecule has 8 heteroatoms. The fraction of sp³-hybridized carbons (Fsp3) is 0.333. The summed E-state index contributed by atoms with van der Waals surface area (Å²) in [6.07, 6.45) is 5.88. The molecule has 1 saturated heterocycles. The Hall–Kier alpha value is -3.96. The molecule has 3 N–H and O–H groups in total. The van der Waals surface area contributed by atoms with E-state index in [1.807, 2.05) is 56.7 Å². The van der Waals surface area contributed by atoms with E-state index in [-0.39, 0.29) is 6.04 Å². The van der Waals surface area contributed by atoms with Crippen LogP contribution in [0.5, 0.6) is 0 Å². The van der Waals surface area contributed by atoms with E-state index in [0.717, 1.165) is 60.8 Å². The zero-order valence-electron chi connectivity index (χ0n) is 20.2. The predicted octanol–water partition coefficient (Wildman–Crippen LogP) is 3.18. The molecule has 4 rings (SSSR count). The fourth-order valence-electron chi connectivity index (χ4n) is 4.36. The summed E-state index contributed by atoms with van der Waals surface area (Å²) in [5, 5.41) is 12.5. The Morgan fingerprint density at radius 3 is 2.43 bits per heavy atom. The van der Waals surface area contributed by atoms with Crippen LogP contribution in [0.15, 0.2) is 54.9 Å². The normalized spacial score (nSPS) is 14.1. The van der Waals surface area contributed by atoms with E-state index < -0.39 is 5.91 Å². The standard InChI is InChI=1S/C27H31N7O/c1-33(2)18-20-3-6-22(30-16-20)13-23-14-26(25(17-31-23)27(29)35)32-21-9-11-34(12-10-21)24-7-4-19(15-28)5-8-24/h3-8,14,16-17,21H,9-13,18H2,1-2H3,(H2,29,35)(H,31,32). The molecule has 0 atom stereocenters. The van der Waals surface area contributed by atoms with Crippen molar-refractivity contribution in [3.05, 3.63) is 82.9 Å². The molecule has 1 aliphatic rings. The van der Waals surface area contributed by atoms with Gasteiger partial charge in [0.15, 0.2) is 0 Å². The summed E-state index contributed by atoms with van der Waals surface area (Å²) < 4.78 is 0. The average Bonchev–Trinajstić information content (AvgIpc) is 2.85. The highest BCUT2D eigenvalue weighted by Crippen LogP contribution is 2.25. The molecule has 1 amide bonds. The van der Waals surface area contributed by atoms with Crippen LogP contribution in [0.25, 0.3) is 0 Å². The molecule has 3 heterocycles. The molecule has 0 spiro atoms. The lowest BCUT2D eigenvalue weighted by atomic mass is 10.0. The number of nitrogens with one attached hydrogen (secondary N) is 1. The van der Waals surface area contributed by atoms with E-state index in [0.29, 0.717) is 17.5 Å². The van der Waals surface area contributed by atoms with Crippen molar-refractivity contribution < 1.29 is 4.79 Å². The summed E-state index contributed by atoms with van der Waals surface area (Å²) in [5.74, 6) is -0.493. The number of rotatable bonds is 8. The molecular formula is C27H31N7O. The van der Waals surface area contributed by atoms with Gasteiger partial charge >= 0.3 is 0 Å². The average molecular weight is 470 g/mol. The van der Waals surface area contributed by atoms with Gasteiger partial charge in [0, 0.05) is 61.6 Å². The Labute approximate surface area is 206 Å². The Bertz CT molecular complexity index is 1190. The number of benzene rings is 1. The minimum Gasteiger partial charge on any atom is -0.381 e. The molecule has 0 bridgehead atoms. The number of piperidine rings is 1. The minimum atomic E-state index is -0.493. The number of aromatic nitrogens is 2. The number of nitrogens with zero attached hydrogens (tertiary/aromatic N) is 5. The van der Waals surface area contributed by atoms with Gasteiger partial charge in [-0.25, -0.2) is 0 Å². The third-order valence-corrected chi connectivity index (χ3v) is 6.19. The number of carbonyl (C=O) groups is 1. The summed E-state index contributed by atoms with van der Waals surface area (Å²) in [7, 11) is 4.06. The van der Waals surface area contributed by atoms with Gasteiger partial charge < -0.3 is 20.9 Å². The third kappa shape index (κ3) is 6.34. The zero-order valence-corrected chi connectivity index (χ0v) is 20.2. The molecule has 0 saturated carbocycles. The first kappa shape index (κ1) is 24.2. The fourth-order valence-corrected chi connectivity index (χ4v) is 4.36. The Morgan fingerprint density at radius 1 is 1.11 bits per heavy atom. The van der Waals surface area contributed by atoms with E-state index in [1.165, 1.54) is 0 Å². The molecule has 3 aromatic rings. The van der Waals surface area contributed by atoms with Crippen LogP contribution in [-0.4, -0.2) is 54.0 Å². The van der Waals surface area contributed by atoms with Crippen molar-refractivity contribution >= 4 is 17.3 Å². The van der Waals surface area contributed by atoms with E-state index in [1.54, 1.807) is 6.20 Å². The van der Waals surface area contributed by atoms with Crippen molar-refractivity contribution in [1.82, 2.24) is 14.9 Å². The number of anilines is 2. The number of amides is 1. The van der Waals surface area contributed by atoms with Crippen LogP contribution in [-0.2, 0) is 13.0 Å². The monoisotopic (exact) mass is 469 g/mol. The van der Waals surface area contributed by atoms with Gasteiger partial charge in [-0.15, -0.1) is 0 Å². The van der Waals surface area contributed by atoms with Crippen LogP contribution in [0.2, 0.25) is 0 Å². The lowest BCUT2D eigenvalue weighted by Gasteiger charge is -2.34. The predicted molar refractivity (Wildman–Crippen MR) is 137 cm³/mol. The molecule has 0 radical (unpaired) electrons. The number of nitrogens with two attached hydrogens (primary N) is 1. The lowest BCUT2D eigenvalue weighted by Crippen LogP contribution is -2.39. The van der Waals surface area contributed by atoms with Gasteiger partial charge in [-0.2, -0.15) is 5.26 Å². The number of hydrogen-bond acceptors (Lipinski definition) is 7. The number of nitriles is 1. The van der Waals surface area contributed by atoms with E-state index in [4.69, 9.17) is 11.0 Å². The number of primary amides is 1. The maximum Gasteiger partial charge on any atom is 0.252 e. The minimum absolute atomic E-state index is 0.224. The van der Waals surface area contributed by atoms with Gasteiger partial charge in [-0.1, -0.05) is 6.07 Å². The number of hydrogen-bond donors (Lipinski definition) is 2. The molecule has 0 aliphatic carbocycles. The van der Waals surface area contributed by atoms with Crippen molar-refractivity contribution in [1.29, 1.82) is 5.26 Å². The van der Waals surface area contributed by atoms with Gasteiger partial charge in [0.25, 0.3) is 5.91 Å². The molecule has 8 nitrogen and oxygen atoms in total. The Kier molecular flexibility index (Phi) is 7.58. The highest BCUT2D eigenvalue weighted by molar-refractivity contribution is 5.98. The van der Waals surface area contributed by atoms with Gasteiger partial charge in [0.2, 0.25) is 0 Å². The van der Waals surface area contributed by atoms with Crippen LogP contribution in [0.1, 0.15) is 45.7 Å². The zero-order chi connectivity index (χ0) is 24.8. The van der Waals surface area contributed by atoms with Crippen LogP contribution in [0, 0.1) is 11.3 Å². The van der Waals surface area contributed by atoms with E-state index >= 15 is 0 Å². The second-order valence-corrected chi connectivity index (χ2v) is 9.22. The van der Waals surface area contributed by atoms with Crippen LogP contribution < -0.4 is 16.0 Å². The van der Waals surface area contributed by atoms with Crippen molar-refractivity contribution in [2.45, 2.75) is 31.8 Å². The van der Waals surface area contributed by atoms with Crippen LogP contribution >= 0.6 is 0 Å². The molecule has 180 valence electrons. The lowest BCUT2D eigenvalue weighted by molar-refractivity contribution is 0.100. The van der Waals surface area contributed by atoms with Gasteiger partial charge in [0.05, 0.1) is 22.9 Å². The molecule has 1 aromatic carbocycles. The first-order valence-electron chi connectivity index (χ1n) is 11.8. The topological polar surface area (TPSA) is 111 Å². The summed E-state index contributed by atoms with van der Waals surface area (Å²) in [6, 6.07) is 16.1. The molecule has 35 heavy (non-hydrogen) atoms. The number of pyridine rings is 2. The second-order valence-electron chi connectivity index (χ2n) is 9.22. The maximum absolute atomic E-state index is 12.0. The third-order valence-electron chi connectivity index (χ3n) is 6.19. The van der Waals surface area contributed by atoms with Crippen molar-refractivity contribution in [2.24, 2.45) is 5.73 Å². The van der Waals surface area contributed by atoms with Gasteiger partial charge in [0.1, 0.15) is 0 Å². The highest BCUT2D eigenvalue weighted by atomic mass is 16.1. The SMILES string of the molecule is CN(C)Cc1ccc(Cc2cc(NC3CCN(c4ccc(C#N)cc4)CC3)c(C(N)=O)cn2)nc1. The van der Waals surface area contributed by atoms with Crippen LogP contribution in [0.3, 0.4) is 0 Å². The first-order chi connectivity index (χ1) is 16.9. The number of carbonyl (C=O) groups excluding carboxylic acids is 1. The first-order valence-corrected chi connectivity index (χ1v) is 11.8. The molecular weight excluding hydrogens is 438 g/mol. The summed E-state index contributed by atoms with van der Waals surface area (Å²) in [4.78, 5) is 25.5. The largest absolute Gasteiger partial charge is 0.381 e. The molecule has 0 unspecified atom stereocenters. The summed E-state index contributed by atoms with van der Waals surface area (Å²) >= 11 is 0. The van der Waals surface area contributed by atoms with E-state index in [9.17, 15) is 4.79 Å². The van der Waals surface area contributed by atoms with Crippen LogP contribution in [0.4, 0.5) is 11.4 Å². The van der Waals surface area contributed by atoms with Crippen molar-refractivity contribution in [3.63, 3.8) is 0 Å². The van der Waals surface area contributed by atoms with E-state index in [2.05, 4.69) is 37.2 Å². The highest BCUT2D eigenvalue weighted by Gasteiger charge is 2.21. The quantitative estimate of drug-likeness (QED) is 0.521. The molecule has 2 aromatic heterocycles. The summed E-state index contributed by atoms with van der Waals surface area (Å²) in [5.41, 5.74) is 11.5. The Balaban J connectivity index is 1.41. The van der Waals surface area contributed by atoms with Gasteiger partial charge in [-0.3, -0.25) is 14.8 Å². The Morgan fingerprint density at radius 2 is 1.83 bits per heavy atom. The molecule has 1 aliphatic heterocycles. The summed E-state index contributed by atoms with van der Waals surface area (Å²) in [6.45, 7) is 2.62. The smallest absolute Gasteiger partial charge is 0.252 e. The van der Waals surface area contributed by atoms with Gasteiger partial charge in [-0.05, 0) is 68.9 Å².